The number of Topliss-reactive ketones (excluding diaryl/α,β-unsaturated/α-hetero) is 1. The maximum absolute atomic E-state index is 12.3. The lowest BCUT2D eigenvalue weighted by molar-refractivity contribution is -0.137. The number of hydrogen-bond acceptors (Lipinski definition) is 10. The third-order valence-corrected chi connectivity index (χ3v) is 11.2. The van der Waals surface area contributed by atoms with Crippen LogP contribution in [0, 0.1) is 0 Å². The van der Waals surface area contributed by atoms with E-state index in [9.17, 15) is 14.4 Å². The first-order chi connectivity index (χ1) is 28.2. The summed E-state index contributed by atoms with van der Waals surface area (Å²) in [5, 5.41) is 6.02. The van der Waals surface area contributed by atoms with Gasteiger partial charge in [-0.15, -0.1) is 0 Å². The van der Waals surface area contributed by atoms with E-state index in [1.807, 2.05) is 12.1 Å². The Bertz CT molecular complexity index is 1970. The predicted octanol–water partition coefficient (Wildman–Crippen LogP) is 8.33. The monoisotopic (exact) mass is 789 g/mol. The molecule has 0 spiro atoms. The number of aromatic nitrogens is 2. The normalized spacial score (nSPS) is 15.5. The molecule has 11 heteroatoms. The number of benzene rings is 3. The number of hydrogen-bond donors (Lipinski definition) is 2. The fourth-order valence-corrected chi connectivity index (χ4v) is 7.55. The molecule has 6 rings (SSSR count). The Morgan fingerprint density at radius 2 is 1.43 bits per heavy atom. The third-order valence-electron chi connectivity index (χ3n) is 11.2. The quantitative estimate of drug-likeness (QED) is 0.0430. The smallest absolute Gasteiger partial charge is 0.243 e. The van der Waals surface area contributed by atoms with Gasteiger partial charge in [-0.3, -0.25) is 24.6 Å². The Morgan fingerprint density at radius 1 is 0.793 bits per heavy atom. The molecular weight excluding hydrogens is 731 g/mol. The average molecular weight is 790 g/mol. The van der Waals surface area contributed by atoms with Crippen molar-refractivity contribution >= 4 is 23.3 Å². The number of amides is 2. The van der Waals surface area contributed by atoms with Crippen LogP contribution in [0.2, 0.25) is 0 Å². The molecular formula is C47H59N5O6. The van der Waals surface area contributed by atoms with Crippen molar-refractivity contribution in [2.24, 2.45) is 0 Å². The first kappa shape index (κ1) is 42.5. The number of piperidine rings is 1. The average Bonchev–Trinajstić information content (AvgIpc) is 3.65. The zero-order valence-corrected chi connectivity index (χ0v) is 34.4. The Hall–Kier alpha value is -5.13. The maximum atomic E-state index is 12.3. The van der Waals surface area contributed by atoms with Crippen molar-refractivity contribution in [1.29, 1.82) is 0 Å². The number of rotatable bonds is 23. The Labute approximate surface area is 343 Å². The van der Waals surface area contributed by atoms with Gasteiger partial charge in [-0.2, -0.15) is 0 Å². The fraction of sp³-hybridized carbons (Fsp3) is 0.468. The van der Waals surface area contributed by atoms with Gasteiger partial charge in [0, 0.05) is 63.5 Å². The van der Waals surface area contributed by atoms with E-state index in [1.165, 1.54) is 54.9 Å². The summed E-state index contributed by atoms with van der Waals surface area (Å²) in [4.78, 5) is 45.8. The molecule has 1 unspecified atom stereocenters. The zero-order valence-electron chi connectivity index (χ0n) is 34.4. The summed E-state index contributed by atoms with van der Waals surface area (Å²) in [5.74, 6) is 1.34. The summed E-state index contributed by atoms with van der Waals surface area (Å²) < 4.78 is 17.9. The van der Waals surface area contributed by atoms with Crippen molar-refractivity contribution in [2.45, 2.75) is 116 Å². The van der Waals surface area contributed by atoms with Crippen LogP contribution in [0.15, 0.2) is 79.0 Å². The summed E-state index contributed by atoms with van der Waals surface area (Å²) in [6.45, 7) is 10.9. The molecule has 2 N–H and O–H groups in total. The Morgan fingerprint density at radius 3 is 2.12 bits per heavy atom. The van der Waals surface area contributed by atoms with Gasteiger partial charge in [-0.25, -0.2) is 9.97 Å². The van der Waals surface area contributed by atoms with Crippen LogP contribution in [0.5, 0.6) is 11.5 Å². The largest absolute Gasteiger partial charge is 0.494 e. The number of anilines is 1. The van der Waals surface area contributed by atoms with Gasteiger partial charge < -0.3 is 19.5 Å². The lowest BCUT2D eigenvalue weighted by Gasteiger charge is -2.29. The molecule has 1 atom stereocenters. The van der Waals surface area contributed by atoms with Crippen molar-refractivity contribution in [3.8, 4) is 11.5 Å². The van der Waals surface area contributed by atoms with Crippen LogP contribution < -0.4 is 20.1 Å². The van der Waals surface area contributed by atoms with Gasteiger partial charge in [0.15, 0.2) is 11.6 Å². The highest BCUT2D eigenvalue weighted by Crippen LogP contribution is 2.34. The van der Waals surface area contributed by atoms with Gasteiger partial charge in [0.1, 0.15) is 18.1 Å². The van der Waals surface area contributed by atoms with E-state index >= 15 is 0 Å². The molecule has 3 aromatic carbocycles. The Kier molecular flexibility index (Phi) is 15.4. The van der Waals surface area contributed by atoms with Gasteiger partial charge >= 0.3 is 0 Å². The lowest BCUT2D eigenvalue weighted by Crippen LogP contribution is -2.50. The standard InChI is InChI=1S/C47H59N5O6/c1-34(53)45-49-26-24-40(50-45)33-58-42-20-15-38(16-21-42)47(2,3)37-13-18-41(19-14-37)57-29-10-7-5-4-6-9-27-56-28-11-8-25-48-39-17-12-35-31-52(32-36(35)30-39)43-22-23-44(54)51-46(43)55/h12-21,24,26,30,43,48H,4-11,22-23,25,27-29,31-33H2,1-3H3,(H,51,54,55). The van der Waals surface area contributed by atoms with Gasteiger partial charge in [0.05, 0.1) is 18.3 Å². The summed E-state index contributed by atoms with van der Waals surface area (Å²) in [6, 6.07) is 24.6. The van der Waals surface area contributed by atoms with E-state index < -0.39 is 0 Å². The molecule has 0 aliphatic carbocycles. The first-order valence-electron chi connectivity index (χ1n) is 21.0. The van der Waals surface area contributed by atoms with E-state index in [0.717, 1.165) is 82.3 Å². The third kappa shape index (κ3) is 12.2. The number of unbranched alkanes of at least 4 members (excludes halogenated alkanes) is 6. The minimum atomic E-state index is -0.224. The van der Waals surface area contributed by atoms with Gasteiger partial charge in [-0.1, -0.05) is 69.9 Å². The minimum absolute atomic E-state index is 0.167. The second-order valence-corrected chi connectivity index (χ2v) is 16.0. The van der Waals surface area contributed by atoms with E-state index in [2.05, 4.69) is 93.9 Å². The molecule has 2 amide bonds. The summed E-state index contributed by atoms with van der Waals surface area (Å²) >= 11 is 0. The first-order valence-corrected chi connectivity index (χ1v) is 21.0. The van der Waals surface area contributed by atoms with Crippen molar-refractivity contribution < 1.29 is 28.6 Å². The number of ketones is 1. The van der Waals surface area contributed by atoms with Crippen LogP contribution in [0.25, 0.3) is 0 Å². The summed E-state index contributed by atoms with van der Waals surface area (Å²) in [6.07, 6.45) is 11.6. The number of carbonyl (C=O) groups excluding carboxylic acids is 3. The molecule has 11 nitrogen and oxygen atoms in total. The molecule has 0 saturated carbocycles. The number of ether oxygens (including phenoxy) is 3. The van der Waals surface area contributed by atoms with E-state index in [0.29, 0.717) is 18.5 Å². The molecule has 1 fully saturated rings. The summed E-state index contributed by atoms with van der Waals surface area (Å²) in [7, 11) is 0. The second-order valence-electron chi connectivity index (χ2n) is 16.0. The number of nitrogens with zero attached hydrogens (tertiary/aromatic N) is 3. The molecule has 308 valence electrons. The van der Waals surface area contributed by atoms with Gasteiger partial charge in [0.2, 0.25) is 11.8 Å². The van der Waals surface area contributed by atoms with E-state index in [-0.39, 0.29) is 41.5 Å². The molecule has 3 heterocycles. The van der Waals surface area contributed by atoms with Crippen LogP contribution in [0.1, 0.15) is 124 Å². The highest BCUT2D eigenvalue weighted by atomic mass is 16.5. The molecule has 0 bridgehead atoms. The molecule has 2 aliphatic heterocycles. The van der Waals surface area contributed by atoms with Crippen LogP contribution in [0.4, 0.5) is 5.69 Å². The van der Waals surface area contributed by atoms with E-state index in [1.54, 1.807) is 12.3 Å². The highest BCUT2D eigenvalue weighted by molar-refractivity contribution is 6.00. The number of imide groups is 1. The zero-order chi connectivity index (χ0) is 40.7. The van der Waals surface area contributed by atoms with E-state index in [4.69, 9.17) is 14.2 Å². The van der Waals surface area contributed by atoms with Crippen LogP contribution in [0.3, 0.4) is 0 Å². The highest BCUT2D eigenvalue weighted by Gasteiger charge is 2.34. The second kappa shape index (κ2) is 21.0. The fourth-order valence-electron chi connectivity index (χ4n) is 7.55. The maximum Gasteiger partial charge on any atom is 0.243 e. The van der Waals surface area contributed by atoms with Crippen molar-refractivity contribution in [1.82, 2.24) is 20.2 Å². The predicted molar refractivity (Wildman–Crippen MR) is 225 cm³/mol. The number of nitrogens with one attached hydrogen (secondary N) is 2. The van der Waals surface area contributed by atoms with Crippen molar-refractivity contribution in [2.75, 3.05) is 31.7 Å². The molecule has 4 aromatic rings. The molecule has 1 saturated heterocycles. The molecule has 0 radical (unpaired) electrons. The number of fused-ring (bicyclic) bond motifs is 1. The molecule has 2 aliphatic rings. The van der Waals surface area contributed by atoms with Gasteiger partial charge in [-0.05, 0) is 96.8 Å². The van der Waals surface area contributed by atoms with Crippen LogP contribution in [-0.2, 0) is 39.4 Å². The van der Waals surface area contributed by atoms with Crippen LogP contribution >= 0.6 is 0 Å². The Balaban J connectivity index is 0.757. The lowest BCUT2D eigenvalue weighted by atomic mass is 9.78. The topological polar surface area (TPSA) is 132 Å². The van der Waals surface area contributed by atoms with Crippen molar-refractivity contribution in [3.05, 3.63) is 113 Å². The number of carbonyl (C=O) groups is 3. The van der Waals surface area contributed by atoms with Gasteiger partial charge in [0.25, 0.3) is 0 Å². The van der Waals surface area contributed by atoms with Crippen molar-refractivity contribution in [3.63, 3.8) is 0 Å². The SMILES string of the molecule is CC(=O)c1nccc(COc2ccc(C(C)(C)c3ccc(OCCCCCCCCOCCCCNc4ccc5c(c4)CN(C4CCC(=O)NC4=O)C5)cc3)cc2)n1. The molecule has 1 aromatic heterocycles. The van der Waals surface area contributed by atoms with Crippen LogP contribution in [-0.4, -0.2) is 64.9 Å². The minimum Gasteiger partial charge on any atom is -0.494 e. The summed E-state index contributed by atoms with van der Waals surface area (Å²) in [5.41, 5.74) is 6.49. The molecule has 58 heavy (non-hydrogen) atoms.